The molecule has 0 unspecified atom stereocenters. The molecule has 12 nitrogen and oxygen atoms in total. The van der Waals surface area contributed by atoms with Gasteiger partial charge in [0.25, 0.3) is 5.91 Å². The molecule has 3 aliphatic rings. The first-order valence-electron chi connectivity index (χ1n) is 16.9. The SMILES string of the molecule is CCC[C@H](NC(=O)[C@@H](NC(=O)OCC1c2ccccc2-c2ccccc21)C(C)C)C(=O)N[C@@H](C[C@@H]1CCNC1=O)C(=O)C(=O)NC1CC1. The van der Waals surface area contributed by atoms with Crippen molar-refractivity contribution in [2.45, 2.75) is 89.4 Å². The molecule has 5 rings (SSSR count). The van der Waals surface area contributed by atoms with Gasteiger partial charge >= 0.3 is 6.09 Å². The Balaban J connectivity index is 1.21. The molecule has 0 aromatic heterocycles. The number of alkyl carbamates (subject to hydrolysis) is 1. The number of amides is 5. The van der Waals surface area contributed by atoms with Crippen molar-refractivity contribution in [3.05, 3.63) is 59.7 Å². The highest BCUT2D eigenvalue weighted by molar-refractivity contribution is 6.38. The Morgan fingerprint density at radius 1 is 0.854 bits per heavy atom. The van der Waals surface area contributed by atoms with Crippen molar-refractivity contribution < 1.29 is 33.5 Å². The Morgan fingerprint density at radius 2 is 1.48 bits per heavy atom. The fourth-order valence-corrected chi connectivity index (χ4v) is 6.42. The third-order valence-corrected chi connectivity index (χ3v) is 9.23. The molecule has 1 aliphatic heterocycles. The molecule has 5 N–H and O–H groups in total. The Kier molecular flexibility index (Phi) is 11.1. The summed E-state index contributed by atoms with van der Waals surface area (Å²) in [5.74, 6) is -4.12. The van der Waals surface area contributed by atoms with Crippen LogP contribution in [0.1, 0.15) is 76.3 Å². The molecule has 2 fully saturated rings. The molecule has 2 aromatic rings. The van der Waals surface area contributed by atoms with Gasteiger partial charge in [-0.15, -0.1) is 0 Å². The van der Waals surface area contributed by atoms with E-state index in [4.69, 9.17) is 4.74 Å². The summed E-state index contributed by atoms with van der Waals surface area (Å²) in [4.78, 5) is 78.2. The van der Waals surface area contributed by atoms with E-state index >= 15 is 0 Å². The van der Waals surface area contributed by atoms with Gasteiger partial charge in [-0.25, -0.2) is 4.79 Å². The Labute approximate surface area is 280 Å². The highest BCUT2D eigenvalue weighted by Gasteiger charge is 2.38. The van der Waals surface area contributed by atoms with E-state index < -0.39 is 53.6 Å². The number of hydrogen-bond donors (Lipinski definition) is 5. The summed E-state index contributed by atoms with van der Waals surface area (Å²) in [7, 11) is 0. The molecule has 1 saturated carbocycles. The van der Waals surface area contributed by atoms with E-state index in [0.717, 1.165) is 35.1 Å². The van der Waals surface area contributed by atoms with Crippen LogP contribution in [0.5, 0.6) is 0 Å². The number of carbonyl (C=O) groups excluding carboxylic acids is 6. The summed E-state index contributed by atoms with van der Waals surface area (Å²) in [6, 6.07) is 12.6. The van der Waals surface area contributed by atoms with Gasteiger partial charge in [-0.05, 0) is 60.3 Å². The largest absolute Gasteiger partial charge is 0.449 e. The van der Waals surface area contributed by atoms with E-state index in [-0.39, 0.29) is 43.2 Å². The van der Waals surface area contributed by atoms with Gasteiger partial charge in [0.2, 0.25) is 23.5 Å². The lowest BCUT2D eigenvalue weighted by atomic mass is 9.95. The highest BCUT2D eigenvalue weighted by Crippen LogP contribution is 2.44. The molecule has 2 aliphatic carbocycles. The molecule has 4 atom stereocenters. The molecular formula is C36H45N5O7. The lowest BCUT2D eigenvalue weighted by Crippen LogP contribution is -2.58. The summed E-state index contributed by atoms with van der Waals surface area (Å²) < 4.78 is 5.66. The second-order valence-corrected chi connectivity index (χ2v) is 13.2. The van der Waals surface area contributed by atoms with Gasteiger partial charge in [0, 0.05) is 24.4 Å². The van der Waals surface area contributed by atoms with Crippen molar-refractivity contribution in [2.24, 2.45) is 11.8 Å². The van der Waals surface area contributed by atoms with Crippen LogP contribution >= 0.6 is 0 Å². The third kappa shape index (κ3) is 8.21. The predicted octanol–water partition coefficient (Wildman–Crippen LogP) is 2.69. The van der Waals surface area contributed by atoms with Crippen LogP contribution in [0.2, 0.25) is 0 Å². The first-order valence-corrected chi connectivity index (χ1v) is 16.9. The number of fused-ring (bicyclic) bond motifs is 3. The monoisotopic (exact) mass is 659 g/mol. The second kappa shape index (κ2) is 15.4. The van der Waals surface area contributed by atoms with Gasteiger partial charge in [0.05, 0.1) is 6.04 Å². The van der Waals surface area contributed by atoms with Crippen LogP contribution in [0.25, 0.3) is 11.1 Å². The molecule has 256 valence electrons. The third-order valence-electron chi connectivity index (χ3n) is 9.23. The van der Waals surface area contributed by atoms with Crippen LogP contribution in [0.3, 0.4) is 0 Å². The maximum Gasteiger partial charge on any atom is 0.407 e. The Bertz CT molecular complexity index is 1510. The first kappa shape index (κ1) is 34.6. The maximum atomic E-state index is 13.5. The Hall–Kier alpha value is -4.74. The van der Waals surface area contributed by atoms with Crippen LogP contribution in [0.15, 0.2) is 48.5 Å². The van der Waals surface area contributed by atoms with Crippen molar-refractivity contribution >= 4 is 35.5 Å². The van der Waals surface area contributed by atoms with Crippen molar-refractivity contribution in [2.75, 3.05) is 13.2 Å². The number of Topliss-reactive ketones (excluding diaryl/α,β-unsaturated/α-hetero) is 1. The standard InChI is InChI=1S/C36H45N5O7/c1-4-9-28(33(44)40-29(18-21-16-17-37-32(21)43)31(42)35(46)38-22-14-15-22)39-34(45)30(20(2)3)41-36(47)48-19-27-25-12-7-5-10-23(25)24-11-6-8-13-26(24)27/h5-8,10-13,20-22,27-30H,4,9,14-19H2,1-3H3,(H,37,43)(H,38,46)(H,39,45)(H,40,44)(H,41,47)/t21-,28-,29-,30-/m0/s1. The molecule has 0 bridgehead atoms. The lowest BCUT2D eigenvalue weighted by molar-refractivity contribution is -0.141. The van der Waals surface area contributed by atoms with Gasteiger partial charge in [0.15, 0.2) is 0 Å². The average molecular weight is 660 g/mol. The van der Waals surface area contributed by atoms with Gasteiger partial charge in [-0.1, -0.05) is 75.7 Å². The molecule has 0 spiro atoms. The van der Waals surface area contributed by atoms with E-state index in [1.54, 1.807) is 13.8 Å². The number of nitrogens with one attached hydrogen (secondary N) is 5. The Morgan fingerprint density at radius 3 is 2.04 bits per heavy atom. The zero-order chi connectivity index (χ0) is 34.4. The smallest absolute Gasteiger partial charge is 0.407 e. The second-order valence-electron chi connectivity index (χ2n) is 13.2. The number of ketones is 1. The highest BCUT2D eigenvalue weighted by atomic mass is 16.5. The van der Waals surface area contributed by atoms with Gasteiger partial charge in [-0.2, -0.15) is 0 Å². The summed E-state index contributed by atoms with van der Waals surface area (Å²) in [6.45, 7) is 5.91. The molecule has 2 aromatic carbocycles. The van der Waals surface area contributed by atoms with E-state index in [2.05, 4.69) is 26.6 Å². The van der Waals surface area contributed by atoms with Crippen molar-refractivity contribution in [1.29, 1.82) is 0 Å². The molecule has 1 saturated heterocycles. The topological polar surface area (TPSA) is 172 Å². The summed E-state index contributed by atoms with van der Waals surface area (Å²) in [6.07, 6.45) is 2.03. The van der Waals surface area contributed by atoms with Crippen LogP contribution in [-0.2, 0) is 28.7 Å². The number of hydrogen-bond acceptors (Lipinski definition) is 7. The summed E-state index contributed by atoms with van der Waals surface area (Å²) in [5, 5.41) is 13.4. The summed E-state index contributed by atoms with van der Waals surface area (Å²) >= 11 is 0. The van der Waals surface area contributed by atoms with Crippen molar-refractivity contribution in [3.63, 3.8) is 0 Å². The minimum atomic E-state index is -1.23. The van der Waals surface area contributed by atoms with Gasteiger partial charge < -0.3 is 31.3 Å². The molecule has 5 amide bonds. The van der Waals surface area contributed by atoms with E-state index in [1.807, 2.05) is 55.5 Å². The lowest BCUT2D eigenvalue weighted by Gasteiger charge is -2.27. The number of benzene rings is 2. The van der Waals surface area contributed by atoms with Crippen LogP contribution in [0.4, 0.5) is 4.79 Å². The van der Waals surface area contributed by atoms with Crippen LogP contribution < -0.4 is 26.6 Å². The molecule has 48 heavy (non-hydrogen) atoms. The zero-order valence-corrected chi connectivity index (χ0v) is 27.7. The number of carbonyl (C=O) groups is 6. The maximum absolute atomic E-state index is 13.5. The molecule has 12 heteroatoms. The molecule has 0 radical (unpaired) electrons. The van der Waals surface area contributed by atoms with Crippen molar-refractivity contribution in [1.82, 2.24) is 26.6 Å². The molecular weight excluding hydrogens is 614 g/mol. The van der Waals surface area contributed by atoms with E-state index in [1.165, 1.54) is 0 Å². The van der Waals surface area contributed by atoms with E-state index in [0.29, 0.717) is 19.4 Å². The zero-order valence-electron chi connectivity index (χ0n) is 27.7. The summed E-state index contributed by atoms with van der Waals surface area (Å²) in [5.41, 5.74) is 4.32. The predicted molar refractivity (Wildman–Crippen MR) is 178 cm³/mol. The van der Waals surface area contributed by atoms with Crippen LogP contribution in [-0.4, -0.2) is 72.8 Å². The minimum Gasteiger partial charge on any atom is -0.449 e. The number of ether oxygens (including phenoxy) is 1. The average Bonchev–Trinajstić information content (AvgIpc) is 3.71. The quantitative estimate of drug-likeness (QED) is 0.183. The minimum absolute atomic E-state index is 0.0285. The number of rotatable bonds is 15. The first-order chi connectivity index (χ1) is 23.1. The normalized spacial score (nSPS) is 18.5. The van der Waals surface area contributed by atoms with Crippen LogP contribution in [0, 0.1) is 11.8 Å². The van der Waals surface area contributed by atoms with Gasteiger partial charge in [0.1, 0.15) is 18.7 Å². The van der Waals surface area contributed by atoms with E-state index in [9.17, 15) is 28.8 Å². The van der Waals surface area contributed by atoms with Gasteiger partial charge in [-0.3, -0.25) is 24.0 Å². The fourth-order valence-electron chi connectivity index (χ4n) is 6.42. The molecule has 1 heterocycles. The van der Waals surface area contributed by atoms with Crippen molar-refractivity contribution in [3.8, 4) is 11.1 Å². The fraction of sp³-hybridized carbons (Fsp3) is 0.500.